The maximum Gasteiger partial charge on any atom is 0.419 e. The van der Waals surface area contributed by atoms with E-state index in [1.165, 1.54) is 13.0 Å². The molecule has 6 nitrogen and oxygen atoms in total. The number of benzene rings is 1. The van der Waals surface area contributed by atoms with Gasteiger partial charge in [-0.3, -0.25) is 0 Å². The van der Waals surface area contributed by atoms with Crippen LogP contribution in [0.2, 0.25) is 0 Å². The van der Waals surface area contributed by atoms with Crippen LogP contribution in [0.5, 0.6) is 5.75 Å². The minimum atomic E-state index is -4.71. The van der Waals surface area contributed by atoms with Crippen LogP contribution in [-0.4, -0.2) is 26.5 Å². The predicted octanol–water partition coefficient (Wildman–Crippen LogP) is 1.84. The van der Waals surface area contributed by atoms with Gasteiger partial charge >= 0.3 is 6.18 Å². The van der Waals surface area contributed by atoms with Crippen LogP contribution in [0.1, 0.15) is 24.4 Å². The molecule has 0 spiro atoms. The first kappa shape index (κ1) is 15.3. The molecule has 0 saturated carbocycles. The third-order valence-corrected chi connectivity index (χ3v) is 2.81. The van der Waals surface area contributed by atoms with Crippen molar-refractivity contribution in [2.24, 2.45) is 5.73 Å². The number of nitrogens with two attached hydrogens (primary N) is 1. The maximum absolute atomic E-state index is 12.7. The summed E-state index contributed by atoms with van der Waals surface area (Å²) >= 11 is 0. The summed E-state index contributed by atoms with van der Waals surface area (Å²) < 4.78 is 42.9. The van der Waals surface area contributed by atoms with Crippen molar-refractivity contribution >= 4 is 0 Å². The van der Waals surface area contributed by atoms with Gasteiger partial charge in [-0.25, -0.2) is 0 Å². The average Bonchev–Trinajstić information content (AvgIpc) is 2.86. The zero-order valence-electron chi connectivity index (χ0n) is 10.8. The molecule has 2 rings (SSSR count). The largest absolute Gasteiger partial charge is 0.507 e. The smallest absolute Gasteiger partial charge is 0.419 e. The second kappa shape index (κ2) is 5.34. The quantitative estimate of drug-likeness (QED) is 0.799. The summed E-state index contributed by atoms with van der Waals surface area (Å²) in [5.74, 6) is -1.11. The molecule has 0 aliphatic rings. The number of phenols is 1. The van der Waals surface area contributed by atoms with E-state index in [4.69, 9.17) is 10.3 Å². The summed E-state index contributed by atoms with van der Waals surface area (Å²) in [6.45, 7) is 1.41. The highest BCUT2D eigenvalue weighted by atomic mass is 19.4. The van der Waals surface area contributed by atoms with E-state index in [-0.39, 0.29) is 17.3 Å². The van der Waals surface area contributed by atoms with E-state index in [0.717, 1.165) is 6.07 Å². The van der Waals surface area contributed by atoms with Gasteiger partial charge < -0.3 is 20.5 Å². The van der Waals surface area contributed by atoms with E-state index < -0.39 is 29.6 Å². The minimum Gasteiger partial charge on any atom is -0.507 e. The fraction of sp³-hybridized carbons (Fsp3) is 0.333. The molecule has 1 heterocycles. The van der Waals surface area contributed by atoms with Crippen LogP contribution in [0, 0.1) is 0 Å². The number of halogens is 3. The van der Waals surface area contributed by atoms with Crippen molar-refractivity contribution in [1.82, 2.24) is 10.1 Å². The van der Waals surface area contributed by atoms with Crippen molar-refractivity contribution in [2.75, 3.05) is 0 Å². The van der Waals surface area contributed by atoms with Crippen molar-refractivity contribution in [1.29, 1.82) is 0 Å². The first-order valence-corrected chi connectivity index (χ1v) is 5.88. The Morgan fingerprint density at radius 2 is 2.00 bits per heavy atom. The molecule has 0 amide bonds. The lowest BCUT2D eigenvalue weighted by molar-refractivity contribution is -0.138. The van der Waals surface area contributed by atoms with Crippen LogP contribution in [0.4, 0.5) is 13.2 Å². The molecule has 0 saturated heterocycles. The maximum atomic E-state index is 12.7. The Kier molecular flexibility index (Phi) is 3.88. The minimum absolute atomic E-state index is 0.00733. The normalized spacial score (nSPS) is 15.0. The van der Waals surface area contributed by atoms with Gasteiger partial charge in [0.1, 0.15) is 11.8 Å². The van der Waals surface area contributed by atoms with E-state index in [9.17, 15) is 23.4 Å². The molecule has 0 radical (unpaired) electrons. The summed E-state index contributed by atoms with van der Waals surface area (Å²) in [7, 11) is 0. The van der Waals surface area contributed by atoms with Gasteiger partial charge in [-0.1, -0.05) is 5.16 Å². The summed E-state index contributed by atoms with van der Waals surface area (Å²) in [4.78, 5) is 3.84. The Balaban J connectivity index is 2.40. The summed E-state index contributed by atoms with van der Waals surface area (Å²) in [6, 6.07) is 1.87. The predicted molar refractivity (Wildman–Crippen MR) is 65.0 cm³/mol. The molecule has 2 unspecified atom stereocenters. The van der Waals surface area contributed by atoms with E-state index >= 15 is 0 Å². The topological polar surface area (TPSA) is 105 Å². The Morgan fingerprint density at radius 1 is 1.33 bits per heavy atom. The molecular formula is C12H12F3N3O3. The number of aromatic nitrogens is 2. The Morgan fingerprint density at radius 3 is 2.57 bits per heavy atom. The third-order valence-electron chi connectivity index (χ3n) is 2.81. The number of nitrogens with zero attached hydrogens (tertiary/aromatic N) is 2. The molecule has 0 bridgehead atoms. The fourth-order valence-electron chi connectivity index (χ4n) is 1.60. The monoisotopic (exact) mass is 303 g/mol. The first-order valence-electron chi connectivity index (χ1n) is 5.88. The van der Waals surface area contributed by atoms with Crippen LogP contribution in [0.3, 0.4) is 0 Å². The molecule has 0 aliphatic heterocycles. The molecule has 21 heavy (non-hydrogen) atoms. The van der Waals surface area contributed by atoms with Gasteiger partial charge in [0.25, 0.3) is 0 Å². The number of aliphatic hydroxyl groups is 1. The zero-order valence-corrected chi connectivity index (χ0v) is 10.8. The zero-order chi connectivity index (χ0) is 15.8. The molecular weight excluding hydrogens is 291 g/mol. The molecule has 0 aliphatic carbocycles. The second-order valence-corrected chi connectivity index (χ2v) is 4.45. The number of phenolic OH excluding ortho intramolecular Hbond substituents is 1. The average molecular weight is 303 g/mol. The number of rotatable bonds is 3. The molecule has 2 atom stereocenters. The van der Waals surface area contributed by atoms with Crippen LogP contribution in [0.25, 0.3) is 11.4 Å². The lowest BCUT2D eigenvalue weighted by Gasteiger charge is -2.09. The molecule has 1 aromatic heterocycles. The van der Waals surface area contributed by atoms with Crippen molar-refractivity contribution < 1.29 is 27.9 Å². The Labute approximate surface area is 117 Å². The van der Waals surface area contributed by atoms with Crippen LogP contribution in [-0.2, 0) is 6.18 Å². The third kappa shape index (κ3) is 3.14. The van der Waals surface area contributed by atoms with Gasteiger partial charge in [0.2, 0.25) is 11.7 Å². The van der Waals surface area contributed by atoms with Crippen LogP contribution >= 0.6 is 0 Å². The Hall–Kier alpha value is -2.13. The molecule has 4 N–H and O–H groups in total. The van der Waals surface area contributed by atoms with Crippen molar-refractivity contribution in [3.8, 4) is 17.1 Å². The standard InChI is InChI=1S/C12H12F3N3O3/c1-5(19)9(16)11-17-10(18-21-11)6-2-3-8(20)7(4-6)12(13,14)15/h2-5,9,19-20H,16H2,1H3. The summed E-state index contributed by atoms with van der Waals surface area (Å²) in [5.41, 5.74) is 4.39. The van der Waals surface area contributed by atoms with Gasteiger partial charge in [0.15, 0.2) is 0 Å². The van der Waals surface area contributed by atoms with Gasteiger partial charge in [-0.2, -0.15) is 18.2 Å². The second-order valence-electron chi connectivity index (χ2n) is 4.45. The van der Waals surface area contributed by atoms with E-state index in [0.29, 0.717) is 6.07 Å². The van der Waals surface area contributed by atoms with Crippen molar-refractivity contribution in [3.05, 3.63) is 29.7 Å². The first-order chi connectivity index (χ1) is 9.70. The number of aromatic hydroxyl groups is 1. The van der Waals surface area contributed by atoms with Gasteiger partial charge in [-0.15, -0.1) is 0 Å². The van der Waals surface area contributed by atoms with E-state index in [2.05, 4.69) is 10.1 Å². The van der Waals surface area contributed by atoms with Crippen LogP contribution < -0.4 is 5.73 Å². The number of hydrogen-bond donors (Lipinski definition) is 3. The fourth-order valence-corrected chi connectivity index (χ4v) is 1.60. The lowest BCUT2D eigenvalue weighted by Crippen LogP contribution is -2.23. The molecule has 114 valence electrons. The van der Waals surface area contributed by atoms with Gasteiger partial charge in [0.05, 0.1) is 11.7 Å². The van der Waals surface area contributed by atoms with Gasteiger partial charge in [0, 0.05) is 5.56 Å². The molecule has 0 fully saturated rings. The number of hydrogen-bond acceptors (Lipinski definition) is 6. The van der Waals surface area contributed by atoms with Crippen LogP contribution in [0.15, 0.2) is 22.7 Å². The molecule has 1 aromatic carbocycles. The highest BCUT2D eigenvalue weighted by Gasteiger charge is 2.34. The molecule has 2 aromatic rings. The highest BCUT2D eigenvalue weighted by molar-refractivity contribution is 5.58. The van der Waals surface area contributed by atoms with Crippen molar-refractivity contribution in [2.45, 2.75) is 25.2 Å². The van der Waals surface area contributed by atoms with E-state index in [1.807, 2.05) is 0 Å². The summed E-state index contributed by atoms with van der Waals surface area (Å²) in [6.07, 6.45) is -5.66. The number of aliphatic hydroxyl groups excluding tert-OH is 1. The van der Waals surface area contributed by atoms with Gasteiger partial charge in [-0.05, 0) is 25.1 Å². The van der Waals surface area contributed by atoms with E-state index in [1.54, 1.807) is 0 Å². The highest BCUT2D eigenvalue weighted by Crippen LogP contribution is 2.37. The van der Waals surface area contributed by atoms with Crippen molar-refractivity contribution in [3.63, 3.8) is 0 Å². The SMILES string of the molecule is CC(O)C(N)c1nc(-c2ccc(O)c(C(F)(F)F)c2)no1. The Bertz CT molecular complexity index is 640. The summed E-state index contributed by atoms with van der Waals surface area (Å²) in [5, 5.41) is 22.1. The molecule has 9 heteroatoms. The number of alkyl halides is 3. The lowest BCUT2D eigenvalue weighted by atomic mass is 10.1.